The van der Waals surface area contributed by atoms with Gasteiger partial charge in [-0.05, 0) is 65.4 Å². The Morgan fingerprint density at radius 1 is 1.16 bits per heavy atom. The molecule has 136 valence electrons. The maximum Gasteiger partial charge on any atom is 0.136 e. The van der Waals surface area contributed by atoms with E-state index in [1.54, 1.807) is 13.2 Å². The number of aliphatic hydroxyl groups excluding tert-OH is 1. The van der Waals surface area contributed by atoms with Crippen molar-refractivity contribution in [1.82, 2.24) is 5.32 Å². The van der Waals surface area contributed by atoms with Crippen molar-refractivity contribution < 1.29 is 14.6 Å². The third kappa shape index (κ3) is 6.83. The monoisotopic (exact) mass is 495 g/mol. The highest BCUT2D eigenvalue weighted by atomic mass is 127. The fourth-order valence-corrected chi connectivity index (χ4v) is 2.97. The third-order valence-electron chi connectivity index (χ3n) is 3.52. The predicted octanol–water partition coefficient (Wildman–Crippen LogP) is 4.18. The molecule has 1 unspecified atom stereocenters. The van der Waals surface area contributed by atoms with Crippen molar-refractivity contribution in [2.24, 2.45) is 0 Å². The predicted molar refractivity (Wildman–Crippen MR) is 110 cm³/mol. The summed E-state index contributed by atoms with van der Waals surface area (Å²) in [5, 5.41) is 14.4. The molecule has 0 fully saturated rings. The number of hydrogen-bond acceptors (Lipinski definition) is 4. The van der Waals surface area contributed by atoms with Crippen LogP contribution in [0.15, 0.2) is 36.4 Å². The molecular formula is C18H20Cl2INO3. The van der Waals surface area contributed by atoms with Crippen LogP contribution in [0, 0.1) is 3.57 Å². The molecule has 0 heterocycles. The van der Waals surface area contributed by atoms with Gasteiger partial charge in [0.05, 0.1) is 20.7 Å². The minimum absolute atomic E-state index is 0.211. The fraction of sp³-hybridized carbons (Fsp3) is 0.333. The average Bonchev–Trinajstić information content (AvgIpc) is 2.61. The summed E-state index contributed by atoms with van der Waals surface area (Å²) in [5.74, 6) is 1.43. The lowest BCUT2D eigenvalue weighted by atomic mass is 10.1. The van der Waals surface area contributed by atoms with Crippen molar-refractivity contribution in [3.63, 3.8) is 0 Å². The van der Waals surface area contributed by atoms with E-state index in [9.17, 15) is 5.11 Å². The summed E-state index contributed by atoms with van der Waals surface area (Å²) in [6, 6.07) is 11.2. The molecule has 2 aromatic carbocycles. The number of ether oxygens (including phenoxy) is 2. The SMILES string of the molecule is COc1ccc(I)c(OCC(O)CNCCc2ccc(Cl)c(Cl)c2)c1. The first-order valence-corrected chi connectivity index (χ1v) is 9.62. The second kappa shape index (κ2) is 10.4. The van der Waals surface area contributed by atoms with Gasteiger partial charge in [-0.3, -0.25) is 0 Å². The van der Waals surface area contributed by atoms with Gasteiger partial charge in [-0.25, -0.2) is 0 Å². The van der Waals surface area contributed by atoms with Crippen LogP contribution < -0.4 is 14.8 Å². The molecule has 0 aromatic heterocycles. The second-order valence-corrected chi connectivity index (χ2v) is 7.44. The van der Waals surface area contributed by atoms with Gasteiger partial charge < -0.3 is 19.9 Å². The molecule has 2 aromatic rings. The molecule has 4 nitrogen and oxygen atoms in total. The quantitative estimate of drug-likeness (QED) is 0.405. The molecule has 2 N–H and O–H groups in total. The molecule has 0 aliphatic carbocycles. The van der Waals surface area contributed by atoms with E-state index in [2.05, 4.69) is 27.9 Å². The minimum atomic E-state index is -0.601. The number of halogens is 3. The van der Waals surface area contributed by atoms with Crippen LogP contribution in [0.3, 0.4) is 0 Å². The molecular weight excluding hydrogens is 476 g/mol. The highest BCUT2D eigenvalue weighted by molar-refractivity contribution is 14.1. The second-order valence-electron chi connectivity index (χ2n) is 5.46. The van der Waals surface area contributed by atoms with Crippen molar-refractivity contribution in [1.29, 1.82) is 0 Å². The van der Waals surface area contributed by atoms with Crippen LogP contribution >= 0.6 is 45.8 Å². The Kier molecular flexibility index (Phi) is 8.58. The first-order chi connectivity index (χ1) is 12.0. The van der Waals surface area contributed by atoms with E-state index < -0.39 is 6.10 Å². The van der Waals surface area contributed by atoms with Gasteiger partial charge in [-0.15, -0.1) is 0 Å². The van der Waals surface area contributed by atoms with Crippen LogP contribution in [0.1, 0.15) is 5.56 Å². The van der Waals surface area contributed by atoms with Crippen molar-refractivity contribution in [3.8, 4) is 11.5 Å². The molecule has 25 heavy (non-hydrogen) atoms. The van der Waals surface area contributed by atoms with Gasteiger partial charge >= 0.3 is 0 Å². The van der Waals surface area contributed by atoms with Gasteiger partial charge in [0.2, 0.25) is 0 Å². The molecule has 7 heteroatoms. The van der Waals surface area contributed by atoms with Crippen LogP contribution in [0.4, 0.5) is 0 Å². The van der Waals surface area contributed by atoms with Crippen LogP contribution in [0.5, 0.6) is 11.5 Å². The topological polar surface area (TPSA) is 50.7 Å². The molecule has 0 saturated carbocycles. The highest BCUT2D eigenvalue weighted by Gasteiger charge is 2.08. The molecule has 1 atom stereocenters. The van der Waals surface area contributed by atoms with Gasteiger partial charge in [0.25, 0.3) is 0 Å². The number of hydrogen-bond donors (Lipinski definition) is 2. The van der Waals surface area contributed by atoms with Crippen LogP contribution in [0.25, 0.3) is 0 Å². The van der Waals surface area contributed by atoms with E-state index in [4.69, 9.17) is 32.7 Å². The van der Waals surface area contributed by atoms with Crippen LogP contribution in [-0.2, 0) is 6.42 Å². The Labute approximate surface area is 171 Å². The van der Waals surface area contributed by atoms with Crippen molar-refractivity contribution in [2.75, 3.05) is 26.8 Å². The number of benzene rings is 2. The molecule has 0 radical (unpaired) electrons. The zero-order chi connectivity index (χ0) is 18.2. The van der Waals surface area contributed by atoms with E-state index >= 15 is 0 Å². The zero-order valence-corrected chi connectivity index (χ0v) is 17.4. The molecule has 0 aliphatic heterocycles. The van der Waals surface area contributed by atoms with Gasteiger partial charge in [0.15, 0.2) is 0 Å². The summed E-state index contributed by atoms with van der Waals surface area (Å²) >= 11 is 14.1. The first-order valence-electron chi connectivity index (χ1n) is 7.78. The van der Waals surface area contributed by atoms with E-state index in [1.807, 2.05) is 30.3 Å². The van der Waals surface area contributed by atoms with Gasteiger partial charge in [0.1, 0.15) is 24.2 Å². The lowest BCUT2D eigenvalue weighted by molar-refractivity contribution is 0.106. The van der Waals surface area contributed by atoms with Gasteiger partial charge in [-0.1, -0.05) is 29.3 Å². The lowest BCUT2D eigenvalue weighted by Crippen LogP contribution is -2.32. The van der Waals surface area contributed by atoms with E-state index in [1.165, 1.54) is 0 Å². The van der Waals surface area contributed by atoms with Crippen LogP contribution in [0.2, 0.25) is 10.0 Å². The number of aliphatic hydroxyl groups is 1. The molecule has 0 bridgehead atoms. The molecule has 0 amide bonds. The van der Waals surface area contributed by atoms with Gasteiger partial charge in [0, 0.05) is 12.6 Å². The molecule has 0 spiro atoms. The highest BCUT2D eigenvalue weighted by Crippen LogP contribution is 2.26. The zero-order valence-electron chi connectivity index (χ0n) is 13.8. The largest absolute Gasteiger partial charge is 0.497 e. The number of rotatable bonds is 9. The third-order valence-corrected chi connectivity index (χ3v) is 5.15. The number of nitrogens with one attached hydrogen (secondary N) is 1. The van der Waals surface area contributed by atoms with Crippen LogP contribution in [-0.4, -0.2) is 38.0 Å². The maximum absolute atomic E-state index is 10.0. The summed E-state index contributed by atoms with van der Waals surface area (Å²) < 4.78 is 11.8. The summed E-state index contributed by atoms with van der Waals surface area (Å²) in [4.78, 5) is 0. The van der Waals surface area contributed by atoms with E-state index in [0.29, 0.717) is 22.3 Å². The summed E-state index contributed by atoms with van der Waals surface area (Å²) in [5.41, 5.74) is 1.10. The normalized spacial score (nSPS) is 12.0. The van der Waals surface area contributed by atoms with Crippen molar-refractivity contribution >= 4 is 45.8 Å². The Hall–Kier alpha value is -0.730. The Morgan fingerprint density at radius 3 is 2.68 bits per heavy atom. The first kappa shape index (κ1) is 20.6. The van der Waals surface area contributed by atoms with Crippen molar-refractivity contribution in [2.45, 2.75) is 12.5 Å². The van der Waals surface area contributed by atoms with E-state index in [-0.39, 0.29) is 6.61 Å². The maximum atomic E-state index is 10.0. The van der Waals surface area contributed by atoms with Gasteiger partial charge in [-0.2, -0.15) is 0 Å². The Balaban J connectivity index is 1.70. The molecule has 0 aliphatic rings. The lowest BCUT2D eigenvalue weighted by Gasteiger charge is -2.15. The van der Waals surface area contributed by atoms with Crippen molar-refractivity contribution in [3.05, 3.63) is 55.6 Å². The van der Waals surface area contributed by atoms with E-state index in [0.717, 1.165) is 27.8 Å². The molecule has 2 rings (SSSR count). The average molecular weight is 496 g/mol. The number of methoxy groups -OCH3 is 1. The summed E-state index contributed by atoms with van der Waals surface area (Å²) in [7, 11) is 1.61. The minimum Gasteiger partial charge on any atom is -0.497 e. The fourth-order valence-electron chi connectivity index (χ4n) is 2.16. The summed E-state index contributed by atoms with van der Waals surface area (Å²) in [6.45, 7) is 1.39. The molecule has 0 saturated heterocycles. The Morgan fingerprint density at radius 2 is 1.96 bits per heavy atom. The smallest absolute Gasteiger partial charge is 0.136 e. The Bertz CT molecular complexity index is 700. The standard InChI is InChI=1S/C18H20Cl2INO3/c1-24-14-3-5-17(21)18(9-14)25-11-13(23)10-22-7-6-12-2-4-15(19)16(20)8-12/h2-5,8-9,13,22-23H,6-7,10-11H2,1H3. The summed E-state index contributed by atoms with van der Waals surface area (Å²) in [6.07, 6.45) is 0.203.